The maximum atomic E-state index is 4.76. The minimum absolute atomic E-state index is 0. The normalized spacial score (nSPS) is 15.3. The van der Waals surface area contributed by atoms with E-state index in [4.69, 9.17) is 60.6 Å². The molecule has 0 aromatic carbocycles. The second kappa shape index (κ2) is 38.1. The van der Waals surface area contributed by atoms with Crippen molar-refractivity contribution < 1.29 is 44.9 Å². The molecule has 2 rings (SSSR count). The zero-order valence-electron chi connectivity index (χ0n) is 9.60. The van der Waals surface area contributed by atoms with Crippen molar-refractivity contribution in [2.45, 2.75) is 0 Å². The van der Waals surface area contributed by atoms with Gasteiger partial charge in [0, 0.05) is 0 Å². The molecule has 0 aliphatic heterocycles. The quantitative estimate of drug-likeness (QED) is 0.380. The monoisotopic (exact) mass is 526 g/mol. The van der Waals surface area contributed by atoms with Crippen LogP contribution in [-0.4, -0.2) is 5.48 Å². The van der Waals surface area contributed by atoms with Gasteiger partial charge in [-0.05, 0) is 64.2 Å². The molecule has 0 saturated heterocycles. The molecule has 2 N–H and O–H groups in total. The fourth-order valence-electron chi connectivity index (χ4n) is 0.642. The van der Waals surface area contributed by atoms with Crippen LogP contribution >= 0.6 is 60.6 Å². The molecule has 2 aliphatic rings. The summed E-state index contributed by atoms with van der Waals surface area (Å²) in [4.78, 5) is 0. The molecule has 0 unspecified atom stereocenters. The third-order valence-corrected chi connectivity index (χ3v) is 1.11. The van der Waals surface area contributed by atoms with Crippen molar-refractivity contribution >= 4 is 60.6 Å². The summed E-state index contributed by atoms with van der Waals surface area (Å²) in [5.74, 6) is 0. The molecule has 0 amide bonds. The van der Waals surface area contributed by atoms with E-state index in [-0.39, 0.29) is 44.9 Å². The molecule has 2 aliphatic carbocycles. The van der Waals surface area contributed by atoms with Gasteiger partial charge in [0.25, 0.3) is 0 Å². The minimum atomic E-state index is 0. The first kappa shape index (κ1) is 31.1. The summed E-state index contributed by atoms with van der Waals surface area (Å²) in [6, 6.07) is 0. The Bertz CT molecular complexity index is 91.2. The van der Waals surface area contributed by atoms with Crippen molar-refractivity contribution in [3.63, 3.8) is 0 Å². The van der Waals surface area contributed by atoms with Crippen LogP contribution in [0, 0.1) is 64.2 Å². The molecular weight excluding hydrogens is 516 g/mol. The van der Waals surface area contributed by atoms with Crippen LogP contribution in [0.5, 0.6) is 0 Å². The summed E-state index contributed by atoms with van der Waals surface area (Å²) < 4.78 is 0. The summed E-state index contributed by atoms with van der Waals surface area (Å²) in [7, 11) is 28.6. The van der Waals surface area contributed by atoms with Crippen LogP contribution in [0.25, 0.3) is 0 Å². The van der Waals surface area contributed by atoms with Crippen LogP contribution in [0.3, 0.4) is 0 Å². The first-order valence-electron chi connectivity index (χ1n) is 4.14. The average Bonchev–Trinajstić information content (AvgIpc) is 3.11. The predicted octanol–water partition coefficient (Wildman–Crippen LogP) is 5.35. The molecule has 10 radical (unpaired) electrons. The van der Waals surface area contributed by atoms with Gasteiger partial charge < -0.3 is 5.48 Å². The molecular formula is C10H12Cl6Fe3O. The number of rotatable bonds is 0. The zero-order chi connectivity index (χ0) is 15.2. The summed E-state index contributed by atoms with van der Waals surface area (Å²) in [5, 5.41) is 0. The van der Waals surface area contributed by atoms with Gasteiger partial charge in [0.1, 0.15) is 0 Å². The fourth-order valence-corrected chi connectivity index (χ4v) is 0.642. The van der Waals surface area contributed by atoms with Crippen molar-refractivity contribution in [1.82, 2.24) is 0 Å². The summed E-state index contributed by atoms with van der Waals surface area (Å²) >= 11 is 0.583. The molecule has 0 spiro atoms. The van der Waals surface area contributed by atoms with Crippen LogP contribution in [0.15, 0.2) is 0 Å². The van der Waals surface area contributed by atoms with Gasteiger partial charge in [-0.2, -0.15) is 0 Å². The van der Waals surface area contributed by atoms with E-state index >= 15 is 0 Å². The Hall–Kier alpha value is 3.26. The van der Waals surface area contributed by atoms with Crippen molar-refractivity contribution in [2.24, 2.45) is 0 Å². The number of hydrogen-bond donors (Lipinski definition) is 0. The molecule has 0 aromatic heterocycles. The Labute approximate surface area is 168 Å². The van der Waals surface area contributed by atoms with Crippen molar-refractivity contribution in [1.29, 1.82) is 0 Å². The van der Waals surface area contributed by atoms with E-state index in [9.17, 15) is 0 Å². The van der Waals surface area contributed by atoms with Gasteiger partial charge >= 0.3 is 100.0 Å². The Morgan fingerprint density at radius 2 is 0.400 bits per heavy atom. The fraction of sp³-hybridized carbons (Fsp3) is 0. The van der Waals surface area contributed by atoms with Crippen LogP contribution < -0.4 is 0 Å². The third kappa shape index (κ3) is 49.6. The summed E-state index contributed by atoms with van der Waals surface area (Å²) in [6.07, 6.45) is 20.0. The molecule has 20 heavy (non-hydrogen) atoms. The van der Waals surface area contributed by atoms with E-state index in [1.54, 1.807) is 0 Å². The van der Waals surface area contributed by atoms with Crippen LogP contribution in [0.1, 0.15) is 0 Å². The van der Waals surface area contributed by atoms with E-state index in [1.807, 2.05) is 64.2 Å². The van der Waals surface area contributed by atoms with E-state index in [0.717, 1.165) is 0 Å². The van der Waals surface area contributed by atoms with Crippen molar-refractivity contribution in [3.8, 4) is 0 Å². The van der Waals surface area contributed by atoms with Gasteiger partial charge in [-0.15, -0.1) is 0 Å². The molecule has 1 nitrogen and oxygen atoms in total. The van der Waals surface area contributed by atoms with E-state index in [2.05, 4.69) is 0 Å². The average molecular weight is 528 g/mol. The predicted molar refractivity (Wildman–Crippen MR) is 81.7 cm³/mol. The first-order chi connectivity index (χ1) is 9.24. The Morgan fingerprint density at radius 1 is 0.350 bits per heavy atom. The zero-order valence-corrected chi connectivity index (χ0v) is 17.5. The van der Waals surface area contributed by atoms with Gasteiger partial charge in [0.05, 0.1) is 0 Å². The Morgan fingerprint density at radius 3 is 0.450 bits per heavy atom. The molecule has 124 valence electrons. The van der Waals surface area contributed by atoms with E-state index < -0.39 is 0 Å². The molecule has 2 saturated carbocycles. The summed E-state index contributed by atoms with van der Waals surface area (Å²) in [6.45, 7) is 0. The molecule has 0 bridgehead atoms. The van der Waals surface area contributed by atoms with Gasteiger partial charge in [0.15, 0.2) is 0 Å². The SMILES string of the molecule is O.[CH]1[CH][CH][CH][CH]1.[CH]1[CH][CH][CH][CH]1.[Cl][Fe][Cl].[Cl][Fe][Cl].[Cl][Fe][Cl]. The molecule has 0 heterocycles. The van der Waals surface area contributed by atoms with E-state index in [0.29, 0.717) is 0 Å². The first-order valence-corrected chi connectivity index (χ1v) is 13.3. The number of halogens is 6. The maximum absolute atomic E-state index is 4.76. The summed E-state index contributed by atoms with van der Waals surface area (Å²) in [5.41, 5.74) is 0. The van der Waals surface area contributed by atoms with Crippen LogP contribution in [0.4, 0.5) is 0 Å². The molecule has 0 aromatic rings. The van der Waals surface area contributed by atoms with Crippen molar-refractivity contribution in [3.05, 3.63) is 64.2 Å². The third-order valence-electron chi connectivity index (χ3n) is 1.11. The Kier molecular flexibility index (Phi) is 59.1. The molecule has 0 atom stereocenters. The van der Waals surface area contributed by atoms with Crippen molar-refractivity contribution in [2.75, 3.05) is 0 Å². The molecule has 2 fully saturated rings. The van der Waals surface area contributed by atoms with Crippen LogP contribution in [0.2, 0.25) is 0 Å². The van der Waals surface area contributed by atoms with Gasteiger partial charge in [-0.1, -0.05) is 0 Å². The van der Waals surface area contributed by atoms with Gasteiger partial charge in [0.2, 0.25) is 0 Å². The standard InChI is InChI=1S/2C5H5.6ClH.3Fe.H2O/c2*1-2-4-5-3-1;;;;;;;;;;/h2*1-5H;6*1H;;;;1H2/q;;;;;;;;3*+2;/p-6. The second-order valence-electron chi connectivity index (χ2n) is 2.08. The van der Waals surface area contributed by atoms with Gasteiger partial charge in [-0.25, -0.2) is 0 Å². The topological polar surface area (TPSA) is 31.5 Å². The Balaban J connectivity index is -0.0000000816. The van der Waals surface area contributed by atoms with Crippen LogP contribution in [-0.2, 0) is 39.4 Å². The molecule has 10 heteroatoms. The second-order valence-corrected chi connectivity index (χ2v) is 7.55. The van der Waals surface area contributed by atoms with Gasteiger partial charge in [-0.3, -0.25) is 0 Å². The van der Waals surface area contributed by atoms with E-state index in [1.165, 1.54) is 0 Å². The number of hydrogen-bond acceptors (Lipinski definition) is 0.